The van der Waals surface area contributed by atoms with Gasteiger partial charge in [0.25, 0.3) is 5.69 Å². The van der Waals surface area contributed by atoms with E-state index in [0.717, 1.165) is 0 Å². The van der Waals surface area contributed by atoms with Crippen LogP contribution in [0.1, 0.15) is 18.2 Å². The number of non-ortho nitro benzene ring substituents is 1. The molecular weight excluding hydrogens is 452 g/mol. The molecule has 2 heterocycles. The van der Waals surface area contributed by atoms with Crippen LogP contribution in [0.3, 0.4) is 0 Å². The molecule has 0 saturated heterocycles. The van der Waals surface area contributed by atoms with Gasteiger partial charge in [-0.3, -0.25) is 10.1 Å². The van der Waals surface area contributed by atoms with Crippen LogP contribution in [0.5, 0.6) is 0 Å². The molecule has 0 bridgehead atoms. The summed E-state index contributed by atoms with van der Waals surface area (Å²) in [5.41, 5.74) is 1.89. The highest BCUT2D eigenvalue weighted by atomic mass is 32.2. The van der Waals surface area contributed by atoms with Crippen LogP contribution in [0.15, 0.2) is 60.7 Å². The van der Waals surface area contributed by atoms with Crippen molar-refractivity contribution >= 4 is 38.6 Å². The standard InChI is InChI=1S/C20H20N6O4S2/c1-20(32(21,29)30)11-14(24-19-22-9-10-25(19)2)5-8-16(20)17-12-23-18(31-17)13-3-6-15(7-4-13)26(27)28/h3-10,12H,11H2,1-2H3,(H,22,24)(H2,21,29,30). The maximum absolute atomic E-state index is 12.7. The van der Waals surface area contributed by atoms with E-state index in [-0.39, 0.29) is 12.1 Å². The first-order chi connectivity index (χ1) is 15.1. The Morgan fingerprint density at radius 2 is 1.97 bits per heavy atom. The number of benzene rings is 1. The van der Waals surface area contributed by atoms with Crippen molar-refractivity contribution in [3.63, 3.8) is 0 Å². The van der Waals surface area contributed by atoms with Crippen molar-refractivity contribution in [2.24, 2.45) is 12.2 Å². The molecule has 2 aromatic heterocycles. The van der Waals surface area contributed by atoms with Crippen molar-refractivity contribution < 1.29 is 13.3 Å². The average molecular weight is 473 g/mol. The van der Waals surface area contributed by atoms with Gasteiger partial charge in [0.2, 0.25) is 16.0 Å². The van der Waals surface area contributed by atoms with E-state index in [0.29, 0.717) is 32.7 Å². The van der Waals surface area contributed by atoms with Gasteiger partial charge in [0.15, 0.2) is 0 Å². The molecular formula is C20H20N6O4S2. The van der Waals surface area contributed by atoms with E-state index in [1.165, 1.54) is 23.5 Å². The summed E-state index contributed by atoms with van der Waals surface area (Å²) in [5.74, 6) is 0.586. The van der Waals surface area contributed by atoms with Crippen molar-refractivity contribution in [2.45, 2.75) is 18.1 Å². The number of aromatic nitrogens is 3. The molecule has 0 saturated carbocycles. The number of thiazole rings is 1. The highest BCUT2D eigenvalue weighted by Gasteiger charge is 2.44. The molecule has 10 nitrogen and oxygen atoms in total. The summed E-state index contributed by atoms with van der Waals surface area (Å²) >= 11 is 1.30. The Morgan fingerprint density at radius 1 is 1.25 bits per heavy atom. The number of hydrogen-bond donors (Lipinski definition) is 2. The Kier molecular flexibility index (Phi) is 5.44. The first-order valence-corrected chi connectivity index (χ1v) is 11.8. The van der Waals surface area contributed by atoms with Gasteiger partial charge in [-0.15, -0.1) is 11.3 Å². The Bertz CT molecular complexity index is 1350. The maximum Gasteiger partial charge on any atom is 0.269 e. The average Bonchev–Trinajstić information content (AvgIpc) is 3.37. The third kappa shape index (κ3) is 3.95. The van der Waals surface area contributed by atoms with Gasteiger partial charge < -0.3 is 9.88 Å². The van der Waals surface area contributed by atoms with Crippen LogP contribution >= 0.6 is 11.3 Å². The van der Waals surface area contributed by atoms with E-state index in [4.69, 9.17) is 5.14 Å². The van der Waals surface area contributed by atoms with E-state index >= 15 is 0 Å². The molecule has 4 rings (SSSR count). The lowest BCUT2D eigenvalue weighted by Gasteiger charge is -2.33. The van der Waals surface area contributed by atoms with Gasteiger partial charge in [-0.1, -0.05) is 6.08 Å². The molecule has 166 valence electrons. The zero-order chi connectivity index (χ0) is 23.1. The molecule has 32 heavy (non-hydrogen) atoms. The number of nitro benzene ring substituents is 1. The van der Waals surface area contributed by atoms with Gasteiger partial charge in [-0.2, -0.15) is 0 Å². The summed E-state index contributed by atoms with van der Waals surface area (Å²) in [6.45, 7) is 1.59. The molecule has 0 aliphatic heterocycles. The third-order valence-electron chi connectivity index (χ3n) is 5.37. The molecule has 0 amide bonds. The topological polar surface area (TPSA) is 146 Å². The number of nitrogens with one attached hydrogen (secondary N) is 1. The third-order valence-corrected chi connectivity index (χ3v) is 8.07. The van der Waals surface area contributed by atoms with Crippen LogP contribution in [0.2, 0.25) is 0 Å². The van der Waals surface area contributed by atoms with Crippen LogP contribution in [0.4, 0.5) is 11.6 Å². The second kappa shape index (κ2) is 7.97. The van der Waals surface area contributed by atoms with E-state index < -0.39 is 19.7 Å². The summed E-state index contributed by atoms with van der Waals surface area (Å²) in [5, 5.41) is 20.3. The minimum absolute atomic E-state index is 0.0137. The van der Waals surface area contributed by atoms with Crippen molar-refractivity contribution in [3.05, 3.63) is 75.7 Å². The van der Waals surface area contributed by atoms with E-state index in [9.17, 15) is 18.5 Å². The predicted octanol–water partition coefficient (Wildman–Crippen LogP) is 3.28. The molecule has 0 fully saturated rings. The van der Waals surface area contributed by atoms with Gasteiger partial charge >= 0.3 is 0 Å². The molecule has 1 aliphatic rings. The highest BCUT2D eigenvalue weighted by molar-refractivity contribution is 7.91. The molecule has 1 aliphatic carbocycles. The maximum atomic E-state index is 12.7. The zero-order valence-corrected chi connectivity index (χ0v) is 18.9. The lowest BCUT2D eigenvalue weighted by molar-refractivity contribution is -0.384. The first kappa shape index (κ1) is 21.9. The lowest BCUT2D eigenvalue weighted by Crippen LogP contribution is -2.43. The van der Waals surface area contributed by atoms with Gasteiger partial charge in [-0.25, -0.2) is 23.5 Å². The fourth-order valence-electron chi connectivity index (χ4n) is 3.45. The van der Waals surface area contributed by atoms with Crippen LogP contribution < -0.4 is 10.5 Å². The predicted molar refractivity (Wildman–Crippen MR) is 123 cm³/mol. The summed E-state index contributed by atoms with van der Waals surface area (Å²) in [7, 11) is -2.16. The SMILES string of the molecule is Cn1ccnc1NC1=CC=C(c2cnc(-c3ccc([N+](=O)[O-])cc3)s2)C(C)(S(N)(=O)=O)C1. The van der Waals surface area contributed by atoms with Crippen LogP contribution in [-0.4, -0.2) is 32.6 Å². The molecule has 12 heteroatoms. The number of sulfonamides is 1. The number of allylic oxidation sites excluding steroid dienone is 3. The number of hydrogen-bond acceptors (Lipinski definition) is 8. The molecule has 1 atom stereocenters. The van der Waals surface area contributed by atoms with Crippen molar-refractivity contribution in [1.29, 1.82) is 0 Å². The molecule has 3 aromatic rings. The van der Waals surface area contributed by atoms with Crippen molar-refractivity contribution in [3.8, 4) is 10.6 Å². The smallest absolute Gasteiger partial charge is 0.269 e. The van der Waals surface area contributed by atoms with E-state index in [1.54, 1.807) is 48.3 Å². The minimum atomic E-state index is -3.99. The Labute approximate surface area is 188 Å². The highest BCUT2D eigenvalue weighted by Crippen LogP contribution is 2.43. The second-order valence-electron chi connectivity index (χ2n) is 7.55. The molecule has 1 unspecified atom stereocenters. The number of anilines is 1. The van der Waals surface area contributed by atoms with E-state index in [1.807, 2.05) is 13.1 Å². The Balaban J connectivity index is 1.70. The van der Waals surface area contributed by atoms with Gasteiger partial charge in [0.1, 0.15) is 9.75 Å². The van der Waals surface area contributed by atoms with E-state index in [2.05, 4.69) is 15.3 Å². The monoisotopic (exact) mass is 472 g/mol. The number of primary sulfonamides is 1. The number of nitrogens with two attached hydrogens (primary N) is 1. The normalized spacial score (nSPS) is 18.7. The van der Waals surface area contributed by atoms with Crippen LogP contribution in [0, 0.1) is 10.1 Å². The first-order valence-electron chi connectivity index (χ1n) is 9.47. The number of nitrogens with zero attached hydrogens (tertiary/aromatic N) is 4. The van der Waals surface area contributed by atoms with Crippen LogP contribution in [-0.2, 0) is 17.1 Å². The fourth-order valence-corrected chi connectivity index (χ4v) is 5.43. The van der Waals surface area contributed by atoms with Crippen molar-refractivity contribution in [2.75, 3.05) is 5.32 Å². The van der Waals surface area contributed by atoms with Gasteiger partial charge in [0, 0.05) is 55.5 Å². The Morgan fingerprint density at radius 3 is 2.56 bits per heavy atom. The summed E-state index contributed by atoms with van der Waals surface area (Å²) in [6.07, 6.45) is 8.69. The number of imidazole rings is 1. The molecule has 3 N–H and O–H groups in total. The Hall–Kier alpha value is -3.35. The number of aryl methyl sites for hydroxylation is 1. The minimum Gasteiger partial charge on any atom is -0.329 e. The van der Waals surface area contributed by atoms with Crippen molar-refractivity contribution in [1.82, 2.24) is 14.5 Å². The number of nitro groups is 1. The molecule has 0 spiro atoms. The molecule has 0 radical (unpaired) electrons. The zero-order valence-electron chi connectivity index (χ0n) is 17.2. The quantitative estimate of drug-likeness (QED) is 0.413. The van der Waals surface area contributed by atoms with Gasteiger partial charge in [0.05, 0.1) is 9.80 Å². The largest absolute Gasteiger partial charge is 0.329 e. The molecule has 1 aromatic carbocycles. The summed E-state index contributed by atoms with van der Waals surface area (Å²) in [6, 6.07) is 6.04. The summed E-state index contributed by atoms with van der Waals surface area (Å²) in [4.78, 5) is 19.7. The second-order valence-corrected chi connectivity index (χ2v) is 10.6. The summed E-state index contributed by atoms with van der Waals surface area (Å²) < 4.78 is 25.7. The lowest BCUT2D eigenvalue weighted by atomic mass is 9.89. The van der Waals surface area contributed by atoms with Gasteiger partial charge in [-0.05, 0) is 30.7 Å². The number of rotatable bonds is 6. The fraction of sp³-hybridized carbons (Fsp3) is 0.200. The van der Waals surface area contributed by atoms with Crippen LogP contribution in [0.25, 0.3) is 16.1 Å².